The van der Waals surface area contributed by atoms with Crippen molar-refractivity contribution in [2.75, 3.05) is 29.6 Å². The minimum absolute atomic E-state index is 0.000836. The van der Waals surface area contributed by atoms with E-state index in [1.165, 1.54) is 11.3 Å². The summed E-state index contributed by atoms with van der Waals surface area (Å²) in [6.07, 6.45) is 3.90. The van der Waals surface area contributed by atoms with Gasteiger partial charge in [-0.1, -0.05) is 35.9 Å². The third-order valence-corrected chi connectivity index (χ3v) is 8.19. The molecule has 3 rings (SSSR count). The first-order valence-electron chi connectivity index (χ1n) is 10.9. The lowest BCUT2D eigenvalue weighted by molar-refractivity contribution is -0.119. The minimum atomic E-state index is -0.624. The van der Waals surface area contributed by atoms with Gasteiger partial charge in [0.1, 0.15) is 9.88 Å². The molecule has 1 fully saturated rings. The first-order chi connectivity index (χ1) is 16.3. The number of thiophene rings is 1. The lowest BCUT2D eigenvalue weighted by Crippen LogP contribution is -2.20. The number of nitrogens with zero attached hydrogens (tertiary/aromatic N) is 2. The van der Waals surface area contributed by atoms with Gasteiger partial charge < -0.3 is 20.1 Å². The number of carbonyl (C=O) groups excluding carboxylic acids is 4. The predicted molar refractivity (Wildman–Crippen MR) is 131 cm³/mol. The third-order valence-electron chi connectivity index (χ3n) is 5.03. The van der Waals surface area contributed by atoms with Crippen molar-refractivity contribution in [1.82, 2.24) is 10.2 Å². The van der Waals surface area contributed by atoms with Crippen LogP contribution >= 0.6 is 34.4 Å². The van der Waals surface area contributed by atoms with Crippen molar-refractivity contribution in [2.24, 2.45) is 5.92 Å². The molecule has 2 amide bonds. The number of nitrogens with one attached hydrogen (secondary N) is 2. The molecule has 2 N–H and O–H groups in total. The molecule has 0 saturated heterocycles. The van der Waals surface area contributed by atoms with E-state index in [0.29, 0.717) is 15.0 Å². The number of hydrogen-bond acceptors (Lipinski definition) is 11. The summed E-state index contributed by atoms with van der Waals surface area (Å²) in [5.74, 6) is -1.60. The van der Waals surface area contributed by atoms with Crippen LogP contribution in [0.25, 0.3) is 0 Å². The van der Waals surface area contributed by atoms with Crippen LogP contribution in [0.4, 0.5) is 10.1 Å². The lowest BCUT2D eigenvalue weighted by Gasteiger charge is -2.07. The Morgan fingerprint density at radius 2 is 1.68 bits per heavy atom. The van der Waals surface area contributed by atoms with Gasteiger partial charge in [0.2, 0.25) is 16.9 Å². The van der Waals surface area contributed by atoms with E-state index in [2.05, 4.69) is 20.8 Å². The molecule has 13 heteroatoms. The van der Waals surface area contributed by atoms with E-state index in [1.54, 1.807) is 20.8 Å². The molecule has 184 valence electrons. The average Bonchev–Trinajstić information content (AvgIpc) is 3.53. The minimum Gasteiger partial charge on any atom is -0.462 e. The zero-order valence-corrected chi connectivity index (χ0v) is 21.5. The van der Waals surface area contributed by atoms with Crippen LogP contribution in [-0.2, 0) is 19.1 Å². The van der Waals surface area contributed by atoms with Crippen LogP contribution in [0.1, 0.15) is 65.1 Å². The average molecular weight is 527 g/mol. The Morgan fingerprint density at radius 1 is 1.00 bits per heavy atom. The molecule has 10 nitrogen and oxygen atoms in total. The first kappa shape index (κ1) is 26.1. The Labute approximate surface area is 209 Å². The Kier molecular flexibility index (Phi) is 9.42. The third kappa shape index (κ3) is 6.54. The van der Waals surface area contributed by atoms with Crippen molar-refractivity contribution in [3.8, 4) is 0 Å². The summed E-state index contributed by atoms with van der Waals surface area (Å²) < 4.78 is 10.7. The van der Waals surface area contributed by atoms with Crippen molar-refractivity contribution in [2.45, 2.75) is 50.8 Å². The second-order valence-corrected chi connectivity index (χ2v) is 10.6. The molecule has 2 heterocycles. The van der Waals surface area contributed by atoms with Gasteiger partial charge in [-0.15, -0.1) is 21.5 Å². The van der Waals surface area contributed by atoms with Crippen LogP contribution in [0.2, 0.25) is 0 Å². The zero-order chi connectivity index (χ0) is 24.7. The number of aromatic nitrogens is 2. The van der Waals surface area contributed by atoms with Gasteiger partial charge in [0, 0.05) is 5.92 Å². The van der Waals surface area contributed by atoms with Crippen LogP contribution in [0.15, 0.2) is 4.34 Å². The number of ether oxygens (including phenoxy) is 2. The largest absolute Gasteiger partial charge is 0.462 e. The molecule has 0 radical (unpaired) electrons. The topological polar surface area (TPSA) is 137 Å². The number of rotatable bonds is 10. The van der Waals surface area contributed by atoms with Gasteiger partial charge >= 0.3 is 11.9 Å². The van der Waals surface area contributed by atoms with Gasteiger partial charge in [0.15, 0.2) is 4.34 Å². The predicted octanol–water partition coefficient (Wildman–Crippen LogP) is 4.12. The Bertz CT molecular complexity index is 1060. The molecule has 1 saturated carbocycles. The van der Waals surface area contributed by atoms with Gasteiger partial charge in [-0.05, 0) is 39.2 Å². The number of amides is 2. The fourth-order valence-electron chi connectivity index (χ4n) is 3.45. The van der Waals surface area contributed by atoms with Crippen molar-refractivity contribution < 1.29 is 28.7 Å². The normalized spacial score (nSPS) is 13.5. The van der Waals surface area contributed by atoms with Crippen molar-refractivity contribution in [3.05, 3.63) is 16.0 Å². The zero-order valence-electron chi connectivity index (χ0n) is 19.1. The summed E-state index contributed by atoms with van der Waals surface area (Å²) in [6, 6.07) is 0. The molecule has 0 atom stereocenters. The lowest BCUT2D eigenvalue weighted by atomic mass is 10.1. The smallest absolute Gasteiger partial charge is 0.348 e. The van der Waals surface area contributed by atoms with Crippen LogP contribution in [0, 0.1) is 12.8 Å². The van der Waals surface area contributed by atoms with Crippen LogP contribution < -0.4 is 10.6 Å². The van der Waals surface area contributed by atoms with Gasteiger partial charge in [-0.2, -0.15) is 0 Å². The van der Waals surface area contributed by atoms with Crippen LogP contribution in [0.3, 0.4) is 0 Å². The maximum atomic E-state index is 12.6. The fourth-order valence-corrected chi connectivity index (χ4v) is 6.11. The van der Waals surface area contributed by atoms with E-state index >= 15 is 0 Å². The van der Waals surface area contributed by atoms with Gasteiger partial charge in [-0.25, -0.2) is 9.59 Å². The molecule has 2 aromatic heterocycles. The van der Waals surface area contributed by atoms with E-state index in [9.17, 15) is 19.2 Å². The highest BCUT2D eigenvalue weighted by molar-refractivity contribution is 8.01. The summed E-state index contributed by atoms with van der Waals surface area (Å²) in [5, 5.41) is 14.1. The monoisotopic (exact) mass is 526 g/mol. The molecule has 1 aliphatic carbocycles. The van der Waals surface area contributed by atoms with Crippen LogP contribution in [-0.4, -0.2) is 52.9 Å². The molecule has 0 aliphatic heterocycles. The van der Waals surface area contributed by atoms with E-state index in [1.807, 2.05) is 0 Å². The molecule has 34 heavy (non-hydrogen) atoms. The number of hydrogen-bond donors (Lipinski definition) is 2. The van der Waals surface area contributed by atoms with Gasteiger partial charge in [0.05, 0.1) is 24.5 Å². The molecule has 1 aliphatic rings. The van der Waals surface area contributed by atoms with Crippen molar-refractivity contribution >= 4 is 68.3 Å². The molecule has 0 unspecified atom stereocenters. The van der Waals surface area contributed by atoms with Crippen molar-refractivity contribution in [1.29, 1.82) is 0 Å². The Balaban J connectivity index is 1.62. The molecule has 0 aromatic carbocycles. The second kappa shape index (κ2) is 12.3. The molecular formula is C21H26N4O6S3. The number of carbonyl (C=O) groups is 4. The van der Waals surface area contributed by atoms with E-state index in [-0.39, 0.29) is 52.1 Å². The summed E-state index contributed by atoms with van der Waals surface area (Å²) >= 11 is 3.32. The van der Waals surface area contributed by atoms with Gasteiger partial charge in [-0.3, -0.25) is 9.59 Å². The van der Waals surface area contributed by atoms with Crippen molar-refractivity contribution in [3.63, 3.8) is 0 Å². The van der Waals surface area contributed by atoms with E-state index in [4.69, 9.17) is 9.47 Å². The second-order valence-electron chi connectivity index (χ2n) is 7.38. The Morgan fingerprint density at radius 3 is 2.35 bits per heavy atom. The first-order valence-corrected chi connectivity index (χ1v) is 13.5. The molecule has 0 spiro atoms. The highest BCUT2D eigenvalue weighted by Gasteiger charge is 2.27. The standard InChI is InChI=1S/C21H26N4O6S3/c1-4-30-18(28)14-11(3)15(19(29)31-5-2)33-17(14)22-13(26)10-32-21-25-24-20(34-21)23-16(27)12-8-6-7-9-12/h12H,4-10H2,1-3H3,(H,22,26)(H,23,24,27). The van der Waals surface area contributed by atoms with E-state index < -0.39 is 11.9 Å². The molecule has 2 aromatic rings. The maximum absolute atomic E-state index is 12.6. The number of anilines is 2. The Hall–Kier alpha value is -2.51. The van der Waals surface area contributed by atoms with Gasteiger partial charge in [0.25, 0.3) is 0 Å². The molecular weight excluding hydrogens is 500 g/mol. The highest BCUT2D eigenvalue weighted by Crippen LogP contribution is 2.35. The quantitative estimate of drug-likeness (QED) is 0.266. The number of thioether (sulfide) groups is 1. The SMILES string of the molecule is CCOC(=O)c1sc(NC(=O)CSc2nnc(NC(=O)C3CCCC3)s2)c(C(=O)OCC)c1C. The van der Waals surface area contributed by atoms with E-state index in [0.717, 1.165) is 48.8 Å². The summed E-state index contributed by atoms with van der Waals surface area (Å²) in [4.78, 5) is 49.8. The summed E-state index contributed by atoms with van der Waals surface area (Å²) in [5.41, 5.74) is 0.540. The maximum Gasteiger partial charge on any atom is 0.348 e. The summed E-state index contributed by atoms with van der Waals surface area (Å²) in [6.45, 7) is 5.32. The number of esters is 2. The summed E-state index contributed by atoms with van der Waals surface area (Å²) in [7, 11) is 0. The fraction of sp³-hybridized carbons (Fsp3) is 0.524. The molecule has 0 bridgehead atoms. The van der Waals surface area contributed by atoms with Crippen LogP contribution in [0.5, 0.6) is 0 Å². The highest BCUT2D eigenvalue weighted by atomic mass is 32.2.